The third-order valence-electron chi connectivity index (χ3n) is 3.84. The van der Waals surface area contributed by atoms with Gasteiger partial charge in [0.05, 0.1) is 6.61 Å². The highest BCUT2D eigenvalue weighted by Crippen LogP contribution is 2.31. The van der Waals surface area contributed by atoms with E-state index in [-0.39, 0.29) is 5.82 Å². The van der Waals surface area contributed by atoms with Crippen molar-refractivity contribution in [2.75, 3.05) is 32.8 Å². The number of halogens is 1. The first-order valence-electron chi connectivity index (χ1n) is 7.16. The molecule has 1 saturated heterocycles. The predicted molar refractivity (Wildman–Crippen MR) is 72.8 cm³/mol. The van der Waals surface area contributed by atoms with E-state index in [0.29, 0.717) is 18.0 Å². The molecule has 1 aromatic carbocycles. The second kappa shape index (κ2) is 5.88. The number of nitrogens with zero attached hydrogens (tertiary/aromatic N) is 1. The van der Waals surface area contributed by atoms with Gasteiger partial charge in [0.2, 0.25) is 0 Å². The molecule has 1 aromatic rings. The number of hydrogen-bond acceptors (Lipinski definition) is 3. The van der Waals surface area contributed by atoms with Gasteiger partial charge in [-0.15, -0.1) is 0 Å². The summed E-state index contributed by atoms with van der Waals surface area (Å²) in [7, 11) is 0. The summed E-state index contributed by atoms with van der Waals surface area (Å²) in [6.45, 7) is 5.28. The van der Waals surface area contributed by atoms with Crippen molar-refractivity contribution in [3.05, 3.63) is 29.6 Å². The molecule has 1 aliphatic carbocycles. The molecule has 0 atom stereocenters. The van der Waals surface area contributed by atoms with Gasteiger partial charge in [-0.3, -0.25) is 4.90 Å². The maximum absolute atomic E-state index is 14.0. The van der Waals surface area contributed by atoms with Gasteiger partial charge in [0.25, 0.3) is 0 Å². The zero-order chi connectivity index (χ0) is 13.1. The Balaban J connectivity index is 1.69. The van der Waals surface area contributed by atoms with Gasteiger partial charge < -0.3 is 10.1 Å². The highest BCUT2D eigenvalue weighted by Gasteiger charge is 2.23. The largest absolute Gasteiger partial charge is 0.493 e. The average Bonchev–Trinajstić information content (AvgIpc) is 3.25. The summed E-state index contributed by atoms with van der Waals surface area (Å²) in [6, 6.07) is 5.16. The van der Waals surface area contributed by atoms with Crippen LogP contribution in [0.25, 0.3) is 0 Å². The lowest BCUT2D eigenvalue weighted by atomic mass is 10.1. The molecule has 0 aromatic heterocycles. The maximum atomic E-state index is 14.0. The minimum atomic E-state index is -0.146. The first-order chi connectivity index (χ1) is 9.33. The Morgan fingerprint density at radius 2 is 2.05 bits per heavy atom. The summed E-state index contributed by atoms with van der Waals surface area (Å²) >= 11 is 0. The van der Waals surface area contributed by atoms with Crippen molar-refractivity contribution >= 4 is 0 Å². The lowest BCUT2D eigenvalue weighted by Gasteiger charge is -2.28. The molecule has 2 fully saturated rings. The number of hydrogen-bond donors (Lipinski definition) is 1. The van der Waals surface area contributed by atoms with E-state index in [1.165, 1.54) is 18.9 Å². The fourth-order valence-electron chi connectivity index (χ4n) is 2.41. The second-order valence-electron chi connectivity index (χ2n) is 5.50. The maximum Gasteiger partial charge on any atom is 0.131 e. The first kappa shape index (κ1) is 12.9. The van der Waals surface area contributed by atoms with Crippen molar-refractivity contribution in [2.24, 2.45) is 5.92 Å². The monoisotopic (exact) mass is 264 g/mol. The van der Waals surface area contributed by atoms with Gasteiger partial charge in [-0.1, -0.05) is 6.07 Å². The van der Waals surface area contributed by atoms with Gasteiger partial charge in [-0.25, -0.2) is 4.39 Å². The topological polar surface area (TPSA) is 24.5 Å². The van der Waals surface area contributed by atoms with Crippen LogP contribution in [0.15, 0.2) is 18.2 Å². The summed E-state index contributed by atoms with van der Waals surface area (Å²) in [5, 5.41) is 3.31. The fraction of sp³-hybridized carbons (Fsp3) is 0.600. The van der Waals surface area contributed by atoms with E-state index in [9.17, 15) is 4.39 Å². The van der Waals surface area contributed by atoms with Crippen LogP contribution in [0.5, 0.6) is 5.75 Å². The summed E-state index contributed by atoms with van der Waals surface area (Å²) in [5.41, 5.74) is 0.713. The van der Waals surface area contributed by atoms with E-state index in [0.717, 1.165) is 38.5 Å². The molecule has 1 heterocycles. The Morgan fingerprint density at radius 1 is 1.26 bits per heavy atom. The molecule has 104 valence electrons. The van der Waals surface area contributed by atoms with Crippen molar-refractivity contribution < 1.29 is 9.13 Å². The van der Waals surface area contributed by atoms with Gasteiger partial charge >= 0.3 is 0 Å². The van der Waals surface area contributed by atoms with Gasteiger partial charge in [0.15, 0.2) is 0 Å². The normalized spacial score (nSPS) is 20.5. The van der Waals surface area contributed by atoms with E-state index >= 15 is 0 Å². The quantitative estimate of drug-likeness (QED) is 0.880. The van der Waals surface area contributed by atoms with Crippen LogP contribution in [0.1, 0.15) is 18.4 Å². The van der Waals surface area contributed by atoms with Crippen LogP contribution in [-0.2, 0) is 6.54 Å². The smallest absolute Gasteiger partial charge is 0.131 e. The minimum Gasteiger partial charge on any atom is -0.493 e. The van der Waals surface area contributed by atoms with Gasteiger partial charge in [-0.2, -0.15) is 0 Å². The Bertz CT molecular complexity index is 428. The van der Waals surface area contributed by atoms with E-state index in [4.69, 9.17) is 4.74 Å². The van der Waals surface area contributed by atoms with E-state index in [1.807, 2.05) is 6.07 Å². The number of ether oxygens (including phenoxy) is 1. The molecule has 3 nitrogen and oxygen atoms in total. The Labute approximate surface area is 113 Å². The Morgan fingerprint density at radius 3 is 2.79 bits per heavy atom. The first-order valence-corrected chi connectivity index (χ1v) is 7.16. The molecule has 0 radical (unpaired) electrons. The molecule has 4 heteroatoms. The summed E-state index contributed by atoms with van der Waals surface area (Å²) < 4.78 is 19.8. The minimum absolute atomic E-state index is 0.146. The van der Waals surface area contributed by atoms with Gasteiger partial charge in [0.1, 0.15) is 11.6 Å². The summed E-state index contributed by atoms with van der Waals surface area (Å²) in [6.07, 6.45) is 2.50. The zero-order valence-electron chi connectivity index (χ0n) is 11.2. The molecular formula is C15H21FN2O. The molecule has 0 unspecified atom stereocenters. The van der Waals surface area contributed by atoms with E-state index in [2.05, 4.69) is 10.2 Å². The van der Waals surface area contributed by atoms with Gasteiger partial charge in [0, 0.05) is 38.3 Å². The van der Waals surface area contributed by atoms with Crippen molar-refractivity contribution in [1.29, 1.82) is 0 Å². The molecule has 1 N–H and O–H groups in total. The van der Waals surface area contributed by atoms with Crippen LogP contribution in [0, 0.1) is 11.7 Å². The van der Waals surface area contributed by atoms with Crippen LogP contribution < -0.4 is 10.1 Å². The average molecular weight is 264 g/mol. The third-order valence-corrected chi connectivity index (χ3v) is 3.84. The van der Waals surface area contributed by atoms with Crippen molar-refractivity contribution in [3.8, 4) is 5.75 Å². The molecular weight excluding hydrogens is 243 g/mol. The predicted octanol–water partition coefficient (Wildman–Crippen LogP) is 2.02. The Hall–Kier alpha value is -1.13. The second-order valence-corrected chi connectivity index (χ2v) is 5.50. The van der Waals surface area contributed by atoms with Crippen molar-refractivity contribution in [2.45, 2.75) is 19.4 Å². The van der Waals surface area contributed by atoms with Crippen LogP contribution in [0.4, 0.5) is 4.39 Å². The number of benzene rings is 1. The molecule has 0 spiro atoms. The SMILES string of the molecule is Fc1cccc(OCC2CC2)c1CN1CCNCC1. The van der Waals surface area contributed by atoms with Crippen molar-refractivity contribution in [1.82, 2.24) is 10.2 Å². The Kier molecular flexibility index (Phi) is 3.99. The summed E-state index contributed by atoms with van der Waals surface area (Å²) in [4.78, 5) is 2.28. The number of nitrogens with one attached hydrogen (secondary N) is 1. The lowest BCUT2D eigenvalue weighted by Crippen LogP contribution is -2.43. The molecule has 3 rings (SSSR count). The van der Waals surface area contributed by atoms with Gasteiger partial charge in [-0.05, 0) is 30.9 Å². The van der Waals surface area contributed by atoms with Crippen LogP contribution in [0.2, 0.25) is 0 Å². The zero-order valence-corrected chi connectivity index (χ0v) is 11.2. The fourth-order valence-corrected chi connectivity index (χ4v) is 2.41. The number of rotatable bonds is 5. The van der Waals surface area contributed by atoms with Crippen LogP contribution in [0.3, 0.4) is 0 Å². The molecule has 0 amide bonds. The van der Waals surface area contributed by atoms with E-state index < -0.39 is 0 Å². The van der Waals surface area contributed by atoms with Crippen molar-refractivity contribution in [3.63, 3.8) is 0 Å². The summed E-state index contributed by atoms with van der Waals surface area (Å²) in [5.74, 6) is 1.27. The standard InChI is InChI=1S/C15H21FN2O/c16-14-2-1-3-15(19-11-12-4-5-12)13(14)10-18-8-6-17-7-9-18/h1-3,12,17H,4-11H2. The lowest BCUT2D eigenvalue weighted by molar-refractivity contribution is 0.222. The van der Waals surface area contributed by atoms with E-state index in [1.54, 1.807) is 6.07 Å². The molecule has 19 heavy (non-hydrogen) atoms. The third kappa shape index (κ3) is 3.45. The molecule has 1 saturated carbocycles. The van der Waals surface area contributed by atoms with Crippen LogP contribution >= 0.6 is 0 Å². The molecule has 2 aliphatic rings. The molecule has 1 aliphatic heterocycles. The molecule has 0 bridgehead atoms. The number of piperazine rings is 1. The highest BCUT2D eigenvalue weighted by molar-refractivity contribution is 5.34. The van der Waals surface area contributed by atoms with Crippen LogP contribution in [-0.4, -0.2) is 37.7 Å². The highest BCUT2D eigenvalue weighted by atomic mass is 19.1.